The van der Waals surface area contributed by atoms with E-state index in [0.717, 1.165) is 17.8 Å². The summed E-state index contributed by atoms with van der Waals surface area (Å²) in [5.41, 5.74) is 2.41. The van der Waals surface area contributed by atoms with Crippen LogP contribution in [0.1, 0.15) is 25.5 Å². The van der Waals surface area contributed by atoms with Crippen LogP contribution in [0.4, 0.5) is 16.2 Å². The van der Waals surface area contributed by atoms with Gasteiger partial charge in [-0.3, -0.25) is 0 Å². The first-order valence-corrected chi connectivity index (χ1v) is 6.85. The van der Waals surface area contributed by atoms with Gasteiger partial charge in [-0.2, -0.15) is 0 Å². The zero-order chi connectivity index (χ0) is 15.1. The fraction of sp³-hybridized carbons (Fsp3) is 0.267. The van der Waals surface area contributed by atoms with E-state index in [1.807, 2.05) is 24.3 Å². The SMILES string of the molecule is CCNC(C)c1cccc(NC(=O)Nc2cncnc2)c1. The van der Waals surface area contributed by atoms with Gasteiger partial charge in [0, 0.05) is 11.7 Å². The van der Waals surface area contributed by atoms with Gasteiger partial charge >= 0.3 is 6.03 Å². The molecule has 3 N–H and O–H groups in total. The van der Waals surface area contributed by atoms with Crippen LogP contribution in [-0.4, -0.2) is 22.5 Å². The van der Waals surface area contributed by atoms with Gasteiger partial charge in [-0.05, 0) is 31.2 Å². The van der Waals surface area contributed by atoms with Crippen LogP contribution in [0.5, 0.6) is 0 Å². The van der Waals surface area contributed by atoms with Crippen molar-refractivity contribution in [3.63, 3.8) is 0 Å². The fourth-order valence-corrected chi connectivity index (χ4v) is 1.97. The summed E-state index contributed by atoms with van der Waals surface area (Å²) < 4.78 is 0. The summed E-state index contributed by atoms with van der Waals surface area (Å²) in [5.74, 6) is 0. The van der Waals surface area contributed by atoms with E-state index in [-0.39, 0.29) is 12.1 Å². The van der Waals surface area contributed by atoms with E-state index in [1.54, 1.807) is 0 Å². The van der Waals surface area contributed by atoms with E-state index in [2.05, 4.69) is 39.8 Å². The molecule has 6 nitrogen and oxygen atoms in total. The fourth-order valence-electron chi connectivity index (χ4n) is 1.97. The molecular formula is C15H19N5O. The highest BCUT2D eigenvalue weighted by atomic mass is 16.2. The second kappa shape index (κ2) is 7.35. The second-order valence-corrected chi connectivity index (χ2v) is 4.61. The largest absolute Gasteiger partial charge is 0.323 e. The Bertz CT molecular complexity index is 588. The Morgan fingerprint density at radius 1 is 1.19 bits per heavy atom. The number of nitrogens with one attached hydrogen (secondary N) is 3. The van der Waals surface area contributed by atoms with Crippen LogP contribution >= 0.6 is 0 Å². The number of hydrogen-bond donors (Lipinski definition) is 3. The van der Waals surface area contributed by atoms with Gasteiger partial charge in [0.05, 0.1) is 18.1 Å². The molecule has 0 aliphatic rings. The van der Waals surface area contributed by atoms with Crippen molar-refractivity contribution in [3.8, 4) is 0 Å². The molecule has 21 heavy (non-hydrogen) atoms. The molecule has 0 fully saturated rings. The van der Waals surface area contributed by atoms with Crippen molar-refractivity contribution in [1.82, 2.24) is 15.3 Å². The van der Waals surface area contributed by atoms with E-state index < -0.39 is 0 Å². The Labute approximate surface area is 124 Å². The molecule has 0 spiro atoms. The first kappa shape index (κ1) is 14.9. The molecule has 1 aromatic heterocycles. The van der Waals surface area contributed by atoms with Crippen molar-refractivity contribution < 1.29 is 4.79 Å². The highest BCUT2D eigenvalue weighted by Gasteiger charge is 2.06. The Kier molecular flexibility index (Phi) is 5.22. The first-order valence-electron chi connectivity index (χ1n) is 6.85. The van der Waals surface area contributed by atoms with Crippen LogP contribution in [0, 0.1) is 0 Å². The average molecular weight is 285 g/mol. The monoisotopic (exact) mass is 285 g/mol. The lowest BCUT2D eigenvalue weighted by atomic mass is 10.1. The molecule has 6 heteroatoms. The molecule has 1 atom stereocenters. The average Bonchev–Trinajstić information content (AvgIpc) is 2.48. The number of rotatable bonds is 5. The zero-order valence-corrected chi connectivity index (χ0v) is 12.1. The van der Waals surface area contributed by atoms with E-state index in [1.165, 1.54) is 18.7 Å². The third kappa shape index (κ3) is 4.54. The molecule has 0 bridgehead atoms. The maximum atomic E-state index is 11.9. The van der Waals surface area contributed by atoms with Gasteiger partial charge in [-0.15, -0.1) is 0 Å². The summed E-state index contributed by atoms with van der Waals surface area (Å²) in [6, 6.07) is 7.67. The molecule has 0 aliphatic carbocycles. The summed E-state index contributed by atoms with van der Waals surface area (Å²) in [4.78, 5) is 19.6. The third-order valence-corrected chi connectivity index (χ3v) is 2.97. The summed E-state index contributed by atoms with van der Waals surface area (Å²) >= 11 is 0. The summed E-state index contributed by atoms with van der Waals surface area (Å²) in [5, 5.41) is 8.81. The maximum absolute atomic E-state index is 11.9. The van der Waals surface area contributed by atoms with Crippen molar-refractivity contribution in [1.29, 1.82) is 0 Å². The molecule has 1 unspecified atom stereocenters. The molecule has 0 aliphatic heterocycles. The summed E-state index contributed by atoms with van der Waals surface area (Å²) in [6.45, 7) is 5.05. The van der Waals surface area contributed by atoms with Crippen LogP contribution in [0.2, 0.25) is 0 Å². The zero-order valence-electron chi connectivity index (χ0n) is 12.1. The number of anilines is 2. The number of hydrogen-bond acceptors (Lipinski definition) is 4. The molecule has 0 saturated heterocycles. The number of urea groups is 1. The molecule has 2 rings (SSSR count). The quantitative estimate of drug-likeness (QED) is 0.789. The minimum absolute atomic E-state index is 0.238. The normalized spacial score (nSPS) is 11.7. The minimum atomic E-state index is -0.321. The van der Waals surface area contributed by atoms with E-state index in [0.29, 0.717) is 5.69 Å². The lowest BCUT2D eigenvalue weighted by Crippen LogP contribution is -2.20. The molecule has 110 valence electrons. The van der Waals surface area contributed by atoms with E-state index in [4.69, 9.17) is 0 Å². The number of aromatic nitrogens is 2. The summed E-state index contributed by atoms with van der Waals surface area (Å²) in [7, 11) is 0. The first-order chi connectivity index (χ1) is 10.2. The van der Waals surface area contributed by atoms with Crippen LogP contribution in [-0.2, 0) is 0 Å². The third-order valence-electron chi connectivity index (χ3n) is 2.97. The number of benzene rings is 1. The van der Waals surface area contributed by atoms with Crippen molar-refractivity contribution >= 4 is 17.4 Å². The Hall–Kier alpha value is -2.47. The number of carbonyl (C=O) groups excluding carboxylic acids is 1. The molecule has 2 amide bonds. The Balaban J connectivity index is 1.99. The van der Waals surface area contributed by atoms with Gasteiger partial charge in [-0.25, -0.2) is 14.8 Å². The van der Waals surface area contributed by atoms with Gasteiger partial charge in [0.2, 0.25) is 0 Å². The molecule has 1 heterocycles. The van der Waals surface area contributed by atoms with Crippen LogP contribution in [0.25, 0.3) is 0 Å². The number of amides is 2. The topological polar surface area (TPSA) is 78.9 Å². The Morgan fingerprint density at radius 3 is 2.62 bits per heavy atom. The van der Waals surface area contributed by atoms with Crippen LogP contribution in [0.3, 0.4) is 0 Å². The predicted molar refractivity (Wildman–Crippen MR) is 83.2 cm³/mol. The van der Waals surface area contributed by atoms with Crippen molar-refractivity contribution in [2.24, 2.45) is 0 Å². The van der Waals surface area contributed by atoms with Gasteiger partial charge < -0.3 is 16.0 Å². The van der Waals surface area contributed by atoms with Crippen LogP contribution < -0.4 is 16.0 Å². The second-order valence-electron chi connectivity index (χ2n) is 4.61. The van der Waals surface area contributed by atoms with Crippen LogP contribution in [0.15, 0.2) is 43.0 Å². The van der Waals surface area contributed by atoms with E-state index in [9.17, 15) is 4.79 Å². The van der Waals surface area contributed by atoms with Gasteiger partial charge in [0.25, 0.3) is 0 Å². The molecule has 2 aromatic rings. The van der Waals surface area contributed by atoms with E-state index >= 15 is 0 Å². The minimum Gasteiger partial charge on any atom is -0.310 e. The lowest BCUT2D eigenvalue weighted by molar-refractivity contribution is 0.262. The number of nitrogens with zero attached hydrogens (tertiary/aromatic N) is 2. The van der Waals surface area contributed by atoms with Crippen molar-refractivity contribution in [2.75, 3.05) is 17.2 Å². The summed E-state index contributed by atoms with van der Waals surface area (Å²) in [6.07, 6.45) is 4.49. The predicted octanol–water partition coefficient (Wildman–Crippen LogP) is 2.79. The molecule has 1 aromatic carbocycles. The van der Waals surface area contributed by atoms with Gasteiger partial charge in [0.1, 0.15) is 6.33 Å². The highest BCUT2D eigenvalue weighted by molar-refractivity contribution is 5.99. The van der Waals surface area contributed by atoms with Crippen molar-refractivity contribution in [2.45, 2.75) is 19.9 Å². The molecule has 0 radical (unpaired) electrons. The van der Waals surface area contributed by atoms with Crippen molar-refractivity contribution in [3.05, 3.63) is 48.5 Å². The number of carbonyl (C=O) groups is 1. The van der Waals surface area contributed by atoms with Gasteiger partial charge in [0.15, 0.2) is 0 Å². The smallest absolute Gasteiger partial charge is 0.310 e. The van der Waals surface area contributed by atoms with Gasteiger partial charge in [-0.1, -0.05) is 19.1 Å². The standard InChI is InChI=1S/C15H19N5O/c1-3-18-11(2)12-5-4-6-13(7-12)19-15(21)20-14-8-16-10-17-9-14/h4-11,18H,3H2,1-2H3,(H2,19,20,21). The molecule has 0 saturated carbocycles. The Morgan fingerprint density at radius 2 is 1.90 bits per heavy atom. The molecular weight excluding hydrogens is 266 g/mol. The maximum Gasteiger partial charge on any atom is 0.323 e. The lowest BCUT2D eigenvalue weighted by Gasteiger charge is -2.14. The highest BCUT2D eigenvalue weighted by Crippen LogP contribution is 2.17.